The Morgan fingerprint density at radius 1 is 1.11 bits per heavy atom. The van der Waals surface area contributed by atoms with Crippen LogP contribution in [0.5, 0.6) is 0 Å². The van der Waals surface area contributed by atoms with Crippen molar-refractivity contribution < 1.29 is 37.1 Å². The fraction of sp³-hybridized carbons (Fsp3) is 0.525. The van der Waals surface area contributed by atoms with Gasteiger partial charge in [-0.15, -0.1) is 6.58 Å². The number of nitrogens with one attached hydrogen (secondary N) is 4. The Morgan fingerprint density at radius 3 is 2.45 bits per heavy atom. The number of rotatable bonds is 6. The van der Waals surface area contributed by atoms with Gasteiger partial charge in [0.2, 0.25) is 21.8 Å². The highest BCUT2D eigenvalue weighted by Crippen LogP contribution is 2.50. The average molecular weight is 777 g/mol. The number of hydrogen-bond donors (Lipinski definition) is 4. The summed E-state index contributed by atoms with van der Waals surface area (Å²) in [5.41, 5.74) is -0.658. The lowest BCUT2D eigenvalue weighted by Gasteiger charge is -2.35. The largest absolute Gasteiger partial charge is 0.449 e. The minimum atomic E-state index is -3.98. The van der Waals surface area contributed by atoms with E-state index in [0.717, 1.165) is 16.5 Å². The molecule has 1 saturated heterocycles. The molecule has 0 unspecified atom stereocenters. The molecule has 3 heterocycles. The SMILES string of the molecule is C=C[C@@H]1C(=C)[C@]1(NC(=O)[C@@H]1C[C@@H]2CN1C(=O)[C@H](C(C)(C)C)NC(=O)OCC(C)(C)CC/C=C/c1cccc3c1cc(n3C)C(=O)N2)C(=O)NS(=O)(=O)C1CC1. The number of alkyl carbamates (subject to hydrolysis) is 1. The maximum Gasteiger partial charge on any atom is 0.407 e. The topological polar surface area (TPSA) is 185 Å². The molecule has 3 fully saturated rings. The zero-order valence-corrected chi connectivity index (χ0v) is 33.2. The molecule has 5 atom stereocenters. The fourth-order valence-electron chi connectivity index (χ4n) is 7.62. The zero-order valence-electron chi connectivity index (χ0n) is 32.4. The van der Waals surface area contributed by atoms with Gasteiger partial charge >= 0.3 is 6.09 Å². The second kappa shape index (κ2) is 14.3. The van der Waals surface area contributed by atoms with Crippen LogP contribution in [0.1, 0.15) is 82.8 Å². The smallest absolute Gasteiger partial charge is 0.407 e. The third-order valence-electron chi connectivity index (χ3n) is 11.2. The van der Waals surface area contributed by atoms with Crippen molar-refractivity contribution >= 4 is 56.7 Å². The zero-order chi connectivity index (χ0) is 40.2. The van der Waals surface area contributed by atoms with Gasteiger partial charge in [0, 0.05) is 36.5 Å². The predicted octanol–water partition coefficient (Wildman–Crippen LogP) is 3.69. The van der Waals surface area contributed by atoms with Gasteiger partial charge in [-0.05, 0) is 66.2 Å². The van der Waals surface area contributed by atoms with E-state index in [9.17, 15) is 32.4 Å². The molecule has 55 heavy (non-hydrogen) atoms. The molecule has 2 aromatic rings. The number of cyclic esters (lactones) is 1. The molecule has 296 valence electrons. The molecule has 0 spiro atoms. The van der Waals surface area contributed by atoms with Crippen LogP contribution in [0.3, 0.4) is 0 Å². The second-order valence-corrected chi connectivity index (χ2v) is 19.1. The van der Waals surface area contributed by atoms with Crippen LogP contribution in [0.25, 0.3) is 17.0 Å². The van der Waals surface area contributed by atoms with Crippen LogP contribution in [0, 0.1) is 16.7 Å². The van der Waals surface area contributed by atoms with Gasteiger partial charge in [-0.3, -0.25) is 23.9 Å². The molecule has 2 aliphatic heterocycles. The molecule has 1 aromatic heterocycles. The summed E-state index contributed by atoms with van der Waals surface area (Å²) in [6, 6.07) is 4.53. The third-order valence-corrected chi connectivity index (χ3v) is 13.0. The highest BCUT2D eigenvalue weighted by atomic mass is 32.2. The van der Waals surface area contributed by atoms with Crippen molar-refractivity contribution in [3.05, 3.63) is 66.4 Å². The standard InChI is InChI=1S/C40H52N6O8S/c1-9-28-23(2)40(28,36(50)44-55(52,53)26-16-17-26)43-34(48)31-19-25-21-46(31)35(49)32(38(3,4)5)42-37(51)54-22-39(6,7)18-11-10-13-24-14-12-15-29-27(24)20-30(45(29)8)33(47)41-25/h9-10,12-15,20,25-26,28,31-32H,1-2,11,16-19,21-22H2,3-8H3,(H,41,47)(H,42,51)(H,43,48)(H,44,50)/b13-10+/t25-,28-,31+,32-,40-/m1/s1. The molecule has 2 saturated carbocycles. The number of carbonyl (C=O) groups is 5. The number of amides is 5. The first kappa shape index (κ1) is 39.8. The first-order valence-electron chi connectivity index (χ1n) is 18.7. The van der Waals surface area contributed by atoms with Crippen LogP contribution in [0.2, 0.25) is 0 Å². The van der Waals surface area contributed by atoms with Crippen molar-refractivity contribution in [3.63, 3.8) is 0 Å². The molecule has 15 heteroatoms. The van der Waals surface area contributed by atoms with Gasteiger partial charge < -0.3 is 30.2 Å². The average Bonchev–Trinajstić information content (AvgIpc) is 3.97. The summed E-state index contributed by atoms with van der Waals surface area (Å²) < 4.78 is 35.1. The lowest BCUT2D eigenvalue weighted by Crippen LogP contribution is -2.60. The summed E-state index contributed by atoms with van der Waals surface area (Å²) in [5, 5.41) is 8.66. The maximum atomic E-state index is 14.6. The lowest BCUT2D eigenvalue weighted by atomic mass is 9.85. The van der Waals surface area contributed by atoms with E-state index in [0.29, 0.717) is 31.4 Å². The molecular formula is C40H52N6O8S. The number of aromatic nitrogens is 1. The number of ether oxygens (including phenoxy) is 1. The van der Waals surface area contributed by atoms with Gasteiger partial charge in [-0.25, -0.2) is 13.2 Å². The highest BCUT2D eigenvalue weighted by molar-refractivity contribution is 7.91. The van der Waals surface area contributed by atoms with Gasteiger partial charge in [0.05, 0.1) is 11.9 Å². The first-order valence-corrected chi connectivity index (χ1v) is 20.2. The van der Waals surface area contributed by atoms with Crippen LogP contribution >= 0.6 is 0 Å². The number of allylic oxidation sites excluding steroid dienone is 1. The Kier molecular flexibility index (Phi) is 10.3. The number of benzene rings is 1. The molecule has 2 aliphatic carbocycles. The number of hydrogen-bond acceptors (Lipinski definition) is 8. The Labute approximate surface area is 322 Å². The Hall–Kier alpha value is -4.92. The fourth-order valence-corrected chi connectivity index (χ4v) is 8.96. The summed E-state index contributed by atoms with van der Waals surface area (Å²) in [6.45, 7) is 17.0. The molecule has 14 nitrogen and oxygen atoms in total. The van der Waals surface area contributed by atoms with Crippen molar-refractivity contribution in [2.45, 2.75) is 95.6 Å². The van der Waals surface area contributed by atoms with E-state index in [1.807, 2.05) is 44.2 Å². The number of fused-ring (bicyclic) bond motifs is 3. The molecule has 4 bridgehead atoms. The molecule has 4 N–H and O–H groups in total. The Morgan fingerprint density at radius 2 is 1.82 bits per heavy atom. The molecule has 1 aromatic carbocycles. The van der Waals surface area contributed by atoms with Crippen LogP contribution in [0.4, 0.5) is 4.79 Å². The van der Waals surface area contributed by atoms with Crippen LogP contribution in [-0.2, 0) is 36.2 Å². The molecule has 6 rings (SSSR count). The predicted molar refractivity (Wildman–Crippen MR) is 208 cm³/mol. The van der Waals surface area contributed by atoms with Crippen molar-refractivity contribution in [1.82, 2.24) is 30.1 Å². The highest BCUT2D eigenvalue weighted by Gasteiger charge is 2.65. The van der Waals surface area contributed by atoms with E-state index in [1.54, 1.807) is 32.4 Å². The third kappa shape index (κ3) is 7.80. The van der Waals surface area contributed by atoms with E-state index >= 15 is 0 Å². The minimum Gasteiger partial charge on any atom is -0.449 e. The van der Waals surface area contributed by atoms with Crippen molar-refractivity contribution in [3.8, 4) is 0 Å². The molecule has 0 radical (unpaired) electrons. The van der Waals surface area contributed by atoms with Crippen LogP contribution in [0.15, 0.2) is 55.1 Å². The Bertz CT molecular complexity index is 2110. The Balaban J connectivity index is 1.35. The van der Waals surface area contributed by atoms with Gasteiger partial charge in [0.25, 0.3) is 11.8 Å². The first-order chi connectivity index (χ1) is 25.7. The second-order valence-electron chi connectivity index (χ2n) is 17.1. The quantitative estimate of drug-likeness (QED) is 0.320. The summed E-state index contributed by atoms with van der Waals surface area (Å²) in [5.74, 6) is -3.50. The van der Waals surface area contributed by atoms with Gasteiger partial charge in [0.15, 0.2) is 5.54 Å². The summed E-state index contributed by atoms with van der Waals surface area (Å²) in [6.07, 6.45) is 6.90. The van der Waals surface area contributed by atoms with Gasteiger partial charge in [0.1, 0.15) is 17.8 Å². The molecule has 5 amide bonds. The van der Waals surface area contributed by atoms with E-state index in [4.69, 9.17) is 4.74 Å². The van der Waals surface area contributed by atoms with Gasteiger partial charge in [-0.2, -0.15) is 0 Å². The summed E-state index contributed by atoms with van der Waals surface area (Å²) in [7, 11) is -2.18. The van der Waals surface area contributed by atoms with E-state index in [2.05, 4.69) is 39.9 Å². The normalized spacial score (nSPS) is 28.1. The van der Waals surface area contributed by atoms with Crippen LogP contribution in [-0.4, -0.2) is 89.7 Å². The number of nitrogens with zero attached hydrogens (tertiary/aromatic N) is 2. The monoisotopic (exact) mass is 776 g/mol. The summed E-state index contributed by atoms with van der Waals surface area (Å²) >= 11 is 0. The van der Waals surface area contributed by atoms with E-state index in [1.165, 1.54) is 11.0 Å². The minimum absolute atomic E-state index is 0.0416. The van der Waals surface area contributed by atoms with Crippen molar-refractivity contribution in [2.24, 2.45) is 23.8 Å². The number of aryl methyl sites for hydroxylation is 1. The van der Waals surface area contributed by atoms with E-state index < -0.39 is 85.4 Å². The van der Waals surface area contributed by atoms with Gasteiger partial charge in [-0.1, -0.05) is 71.6 Å². The van der Waals surface area contributed by atoms with Crippen molar-refractivity contribution in [2.75, 3.05) is 13.2 Å². The maximum absolute atomic E-state index is 14.6. The number of sulfonamides is 1. The van der Waals surface area contributed by atoms with E-state index in [-0.39, 0.29) is 25.1 Å². The molecule has 4 aliphatic rings. The number of carbonyl (C=O) groups excluding carboxylic acids is 5. The van der Waals surface area contributed by atoms with Crippen LogP contribution < -0.4 is 20.7 Å². The lowest BCUT2D eigenvalue weighted by molar-refractivity contribution is -0.142. The summed E-state index contributed by atoms with van der Waals surface area (Å²) in [4.78, 5) is 71.2. The van der Waals surface area contributed by atoms with Crippen molar-refractivity contribution in [1.29, 1.82) is 0 Å². The molecular weight excluding hydrogens is 725 g/mol.